The molecule has 0 fully saturated rings. The van der Waals surface area contributed by atoms with Crippen LogP contribution < -0.4 is 0 Å². The van der Waals surface area contributed by atoms with Crippen LogP contribution in [0.3, 0.4) is 0 Å². The van der Waals surface area contributed by atoms with Crippen molar-refractivity contribution in [2.24, 2.45) is 0 Å². The fourth-order valence-electron chi connectivity index (χ4n) is 1.49. The van der Waals surface area contributed by atoms with E-state index in [9.17, 15) is 0 Å². The fraction of sp³-hybridized carbons (Fsp3) is 0.400. The van der Waals surface area contributed by atoms with Gasteiger partial charge in [0, 0.05) is 5.57 Å². The van der Waals surface area contributed by atoms with Gasteiger partial charge in [0.1, 0.15) is 11.9 Å². The lowest BCUT2D eigenvalue weighted by Crippen LogP contribution is -2.01. The lowest BCUT2D eigenvalue weighted by Gasteiger charge is -2.07. The molecule has 0 bridgehead atoms. The molecule has 1 aliphatic carbocycles. The van der Waals surface area contributed by atoms with Gasteiger partial charge in [0.05, 0.1) is 0 Å². The molecule has 1 atom stereocenters. The molecular formula is C10H12O. The number of hydrogen-bond acceptors (Lipinski definition) is 1. The van der Waals surface area contributed by atoms with Gasteiger partial charge in [0.25, 0.3) is 0 Å². The van der Waals surface area contributed by atoms with Gasteiger partial charge in [0.2, 0.25) is 0 Å². The molecule has 58 valence electrons. The summed E-state index contributed by atoms with van der Waals surface area (Å²) < 4.78 is 5.63. The van der Waals surface area contributed by atoms with Crippen LogP contribution in [0.1, 0.15) is 19.8 Å². The van der Waals surface area contributed by atoms with Crippen LogP contribution >= 0.6 is 0 Å². The van der Waals surface area contributed by atoms with E-state index in [0.29, 0.717) is 6.10 Å². The van der Waals surface area contributed by atoms with E-state index in [2.05, 4.69) is 19.1 Å². The maximum Gasteiger partial charge on any atom is 0.127 e. The van der Waals surface area contributed by atoms with E-state index in [1.807, 2.05) is 12.2 Å². The van der Waals surface area contributed by atoms with Crippen molar-refractivity contribution in [2.45, 2.75) is 25.9 Å². The second-order valence-electron chi connectivity index (χ2n) is 2.96. The van der Waals surface area contributed by atoms with E-state index in [0.717, 1.165) is 12.2 Å². The summed E-state index contributed by atoms with van der Waals surface area (Å²) >= 11 is 0. The molecule has 0 radical (unpaired) electrons. The van der Waals surface area contributed by atoms with Gasteiger partial charge in [-0.05, 0) is 18.6 Å². The molecule has 1 nitrogen and oxygen atoms in total. The van der Waals surface area contributed by atoms with Crippen LogP contribution in [-0.2, 0) is 4.74 Å². The van der Waals surface area contributed by atoms with Crippen molar-refractivity contribution >= 4 is 0 Å². The summed E-state index contributed by atoms with van der Waals surface area (Å²) in [5.41, 5.74) is 1.27. The van der Waals surface area contributed by atoms with Gasteiger partial charge < -0.3 is 4.74 Å². The molecule has 1 heteroatoms. The fourth-order valence-corrected chi connectivity index (χ4v) is 1.49. The zero-order chi connectivity index (χ0) is 7.68. The average Bonchev–Trinajstić information content (AvgIpc) is 2.46. The summed E-state index contributed by atoms with van der Waals surface area (Å²) in [5.74, 6) is 1.06. The van der Waals surface area contributed by atoms with Crippen molar-refractivity contribution in [1.82, 2.24) is 0 Å². The zero-order valence-corrected chi connectivity index (χ0v) is 6.71. The smallest absolute Gasteiger partial charge is 0.127 e. The summed E-state index contributed by atoms with van der Waals surface area (Å²) in [6.45, 7) is 2.18. The summed E-state index contributed by atoms with van der Waals surface area (Å²) in [6, 6.07) is 0. The standard InChI is InChI=1S/C10H12O/c1-2-4-9-7-8-5-3-6-10(8)11-9/h3,5-7,9H,2,4H2,1H3. The van der Waals surface area contributed by atoms with Gasteiger partial charge in [0.15, 0.2) is 0 Å². The Labute approximate surface area is 67.1 Å². The van der Waals surface area contributed by atoms with Crippen LogP contribution in [0.2, 0.25) is 0 Å². The summed E-state index contributed by atoms with van der Waals surface area (Å²) in [5, 5.41) is 0. The van der Waals surface area contributed by atoms with Crippen LogP contribution in [-0.4, -0.2) is 6.10 Å². The third-order valence-corrected chi connectivity index (χ3v) is 2.02. The number of hydrogen-bond donors (Lipinski definition) is 0. The van der Waals surface area contributed by atoms with E-state index in [4.69, 9.17) is 4.74 Å². The van der Waals surface area contributed by atoms with Crippen LogP contribution in [0, 0.1) is 0 Å². The first kappa shape index (κ1) is 6.71. The summed E-state index contributed by atoms with van der Waals surface area (Å²) in [4.78, 5) is 0. The molecule has 1 unspecified atom stereocenters. The maximum atomic E-state index is 5.63. The molecule has 1 aliphatic heterocycles. The molecule has 2 rings (SSSR count). The Kier molecular flexibility index (Phi) is 1.57. The summed E-state index contributed by atoms with van der Waals surface area (Å²) in [6.07, 6.45) is 11.0. The molecule has 0 aromatic heterocycles. The Morgan fingerprint density at radius 2 is 2.45 bits per heavy atom. The quantitative estimate of drug-likeness (QED) is 0.584. The molecule has 0 aromatic rings. The topological polar surface area (TPSA) is 9.23 Å². The normalized spacial score (nSPS) is 26.1. The summed E-state index contributed by atoms with van der Waals surface area (Å²) in [7, 11) is 0. The molecule has 2 aliphatic rings. The Balaban J connectivity index is 2.09. The van der Waals surface area contributed by atoms with E-state index in [-0.39, 0.29) is 0 Å². The van der Waals surface area contributed by atoms with Crippen molar-refractivity contribution in [3.05, 3.63) is 35.6 Å². The predicted molar refractivity (Wildman–Crippen MR) is 45.1 cm³/mol. The van der Waals surface area contributed by atoms with Crippen molar-refractivity contribution in [1.29, 1.82) is 0 Å². The molecule has 0 aromatic carbocycles. The highest BCUT2D eigenvalue weighted by atomic mass is 16.5. The third-order valence-electron chi connectivity index (χ3n) is 2.02. The van der Waals surface area contributed by atoms with Crippen LogP contribution in [0.25, 0.3) is 0 Å². The first-order valence-electron chi connectivity index (χ1n) is 4.17. The van der Waals surface area contributed by atoms with Crippen molar-refractivity contribution < 1.29 is 4.74 Å². The SMILES string of the molecule is CCCC1C=C2C=CC=C2O1. The second-order valence-corrected chi connectivity index (χ2v) is 2.96. The lowest BCUT2D eigenvalue weighted by molar-refractivity contribution is 0.172. The molecule has 0 N–H and O–H groups in total. The van der Waals surface area contributed by atoms with Gasteiger partial charge >= 0.3 is 0 Å². The predicted octanol–water partition coefficient (Wildman–Crippen LogP) is 2.57. The number of rotatable bonds is 2. The number of ether oxygens (including phenoxy) is 1. The van der Waals surface area contributed by atoms with Gasteiger partial charge in [-0.3, -0.25) is 0 Å². The Morgan fingerprint density at radius 3 is 3.18 bits per heavy atom. The van der Waals surface area contributed by atoms with E-state index >= 15 is 0 Å². The minimum atomic E-state index is 0.339. The Hall–Kier alpha value is -0.980. The molecule has 11 heavy (non-hydrogen) atoms. The van der Waals surface area contributed by atoms with Gasteiger partial charge in [-0.15, -0.1) is 0 Å². The van der Waals surface area contributed by atoms with E-state index < -0.39 is 0 Å². The first-order valence-corrected chi connectivity index (χ1v) is 4.17. The molecule has 0 amide bonds. The van der Waals surface area contributed by atoms with Gasteiger partial charge in [-0.1, -0.05) is 25.5 Å². The first-order chi connectivity index (χ1) is 5.40. The van der Waals surface area contributed by atoms with Crippen LogP contribution in [0.5, 0.6) is 0 Å². The highest BCUT2D eigenvalue weighted by Gasteiger charge is 2.20. The minimum absolute atomic E-state index is 0.339. The van der Waals surface area contributed by atoms with Gasteiger partial charge in [-0.2, -0.15) is 0 Å². The number of allylic oxidation sites excluding steroid dienone is 3. The van der Waals surface area contributed by atoms with Gasteiger partial charge in [-0.25, -0.2) is 0 Å². The van der Waals surface area contributed by atoms with Crippen molar-refractivity contribution in [3.8, 4) is 0 Å². The zero-order valence-electron chi connectivity index (χ0n) is 6.71. The van der Waals surface area contributed by atoms with E-state index in [1.54, 1.807) is 0 Å². The molecular weight excluding hydrogens is 136 g/mol. The number of fused-ring (bicyclic) bond motifs is 1. The lowest BCUT2D eigenvalue weighted by atomic mass is 10.2. The van der Waals surface area contributed by atoms with E-state index in [1.165, 1.54) is 12.0 Å². The highest BCUT2D eigenvalue weighted by Crippen LogP contribution is 2.29. The second kappa shape index (κ2) is 2.57. The Bertz CT molecular complexity index is 246. The largest absolute Gasteiger partial charge is 0.486 e. The van der Waals surface area contributed by atoms with Crippen molar-refractivity contribution in [3.63, 3.8) is 0 Å². The highest BCUT2D eigenvalue weighted by molar-refractivity contribution is 5.48. The molecule has 1 heterocycles. The Morgan fingerprint density at radius 1 is 1.55 bits per heavy atom. The third kappa shape index (κ3) is 1.11. The molecule has 0 spiro atoms. The molecule has 0 saturated carbocycles. The van der Waals surface area contributed by atoms with Crippen LogP contribution in [0.4, 0.5) is 0 Å². The van der Waals surface area contributed by atoms with Crippen LogP contribution in [0.15, 0.2) is 35.6 Å². The monoisotopic (exact) mass is 148 g/mol. The van der Waals surface area contributed by atoms with Crippen molar-refractivity contribution in [2.75, 3.05) is 0 Å². The molecule has 0 saturated heterocycles. The average molecular weight is 148 g/mol. The maximum absolute atomic E-state index is 5.63. The minimum Gasteiger partial charge on any atom is -0.486 e.